The van der Waals surface area contributed by atoms with Crippen LogP contribution in [0.25, 0.3) is 0 Å². The van der Waals surface area contributed by atoms with E-state index in [0.29, 0.717) is 31.5 Å². The molecule has 2 aliphatic rings. The number of fused-ring (bicyclic) bond motifs is 1. The molecule has 1 N–H and O–H groups in total. The first-order chi connectivity index (χ1) is 15.0. The molecule has 0 aromatic carbocycles. The quantitative estimate of drug-likeness (QED) is 0.752. The van der Waals surface area contributed by atoms with Gasteiger partial charge >= 0.3 is 0 Å². The van der Waals surface area contributed by atoms with E-state index >= 15 is 0 Å². The van der Waals surface area contributed by atoms with E-state index in [-0.39, 0.29) is 17.4 Å². The summed E-state index contributed by atoms with van der Waals surface area (Å²) in [6.45, 7) is 8.54. The maximum Gasteiger partial charge on any atom is 0.289 e. The first-order valence-electron chi connectivity index (χ1n) is 11.0. The lowest BCUT2D eigenvalue weighted by Gasteiger charge is -2.41. The number of carbonyl (C=O) groups excluding carboxylic acids is 1. The fraction of sp³-hybridized carbons (Fsp3) is 0.636. The van der Waals surface area contributed by atoms with Crippen LogP contribution in [0.15, 0.2) is 18.3 Å². The van der Waals surface area contributed by atoms with Gasteiger partial charge in [-0.2, -0.15) is 0 Å². The molecule has 2 aromatic heterocycles. The predicted molar refractivity (Wildman–Crippen MR) is 115 cm³/mol. The largest absolute Gasteiger partial charge is 0.481 e. The van der Waals surface area contributed by atoms with Gasteiger partial charge in [-0.25, -0.2) is 4.98 Å². The van der Waals surface area contributed by atoms with Crippen molar-refractivity contribution in [3.8, 4) is 5.88 Å². The van der Waals surface area contributed by atoms with Crippen molar-refractivity contribution < 1.29 is 14.3 Å². The van der Waals surface area contributed by atoms with Crippen molar-refractivity contribution in [3.05, 3.63) is 35.5 Å². The first kappa shape index (κ1) is 21.7. The number of methoxy groups -OCH3 is 1. The number of hydrogen-bond donors (Lipinski definition) is 1. The highest BCUT2D eigenvalue weighted by Crippen LogP contribution is 2.37. The summed E-state index contributed by atoms with van der Waals surface area (Å²) in [6.07, 6.45) is 4.60. The van der Waals surface area contributed by atoms with Crippen molar-refractivity contribution in [2.45, 2.75) is 58.8 Å². The van der Waals surface area contributed by atoms with Gasteiger partial charge < -0.3 is 19.4 Å². The highest BCUT2D eigenvalue weighted by molar-refractivity contribution is 5.90. The molecule has 1 fully saturated rings. The molecule has 1 atom stereocenters. The van der Waals surface area contributed by atoms with Crippen molar-refractivity contribution in [2.75, 3.05) is 26.8 Å². The van der Waals surface area contributed by atoms with Gasteiger partial charge in [-0.05, 0) is 45.3 Å². The summed E-state index contributed by atoms with van der Waals surface area (Å²) >= 11 is 0. The summed E-state index contributed by atoms with van der Waals surface area (Å²) in [4.78, 5) is 19.5. The molecule has 2 aliphatic heterocycles. The van der Waals surface area contributed by atoms with Gasteiger partial charge in [-0.15, -0.1) is 10.2 Å². The Kier molecular flexibility index (Phi) is 6.52. The van der Waals surface area contributed by atoms with Crippen LogP contribution in [0.4, 0.5) is 0 Å². The second-order valence-corrected chi connectivity index (χ2v) is 8.75. The summed E-state index contributed by atoms with van der Waals surface area (Å²) in [6, 6.07) is 4.11. The van der Waals surface area contributed by atoms with Crippen LogP contribution in [0.3, 0.4) is 0 Å². The monoisotopic (exact) mass is 428 g/mol. The van der Waals surface area contributed by atoms with Crippen molar-refractivity contribution in [1.29, 1.82) is 0 Å². The van der Waals surface area contributed by atoms with E-state index in [0.717, 1.165) is 50.3 Å². The SMILES string of the molecule is CCC(C)NC(=O)c1nnc2n1CC1(CCN(Cc3cccnc3OC)CC1)COC2. The molecule has 1 unspecified atom stereocenters. The van der Waals surface area contributed by atoms with Crippen LogP contribution in [0.5, 0.6) is 5.88 Å². The number of carbonyl (C=O) groups is 1. The van der Waals surface area contributed by atoms with Gasteiger partial charge in [0, 0.05) is 36.3 Å². The van der Waals surface area contributed by atoms with E-state index in [1.165, 1.54) is 0 Å². The minimum absolute atomic E-state index is 0.0193. The van der Waals surface area contributed by atoms with Crippen LogP contribution in [-0.4, -0.2) is 63.4 Å². The van der Waals surface area contributed by atoms with Gasteiger partial charge in [0.2, 0.25) is 11.7 Å². The molecule has 9 heteroatoms. The summed E-state index contributed by atoms with van der Waals surface area (Å²) in [5.74, 6) is 1.65. The van der Waals surface area contributed by atoms with Crippen LogP contribution in [-0.2, 0) is 24.4 Å². The zero-order valence-electron chi connectivity index (χ0n) is 18.6. The Morgan fingerprint density at radius 1 is 1.35 bits per heavy atom. The Hall–Kier alpha value is -2.52. The van der Waals surface area contributed by atoms with Crippen LogP contribution >= 0.6 is 0 Å². The molecule has 4 heterocycles. The average Bonchev–Trinajstić information content (AvgIpc) is 3.09. The Bertz CT molecular complexity index is 906. The summed E-state index contributed by atoms with van der Waals surface area (Å²) in [5.41, 5.74) is 1.08. The second-order valence-electron chi connectivity index (χ2n) is 8.75. The van der Waals surface area contributed by atoms with Crippen molar-refractivity contribution in [3.63, 3.8) is 0 Å². The average molecular weight is 429 g/mol. The first-order valence-corrected chi connectivity index (χ1v) is 11.0. The predicted octanol–water partition coefficient (Wildman–Crippen LogP) is 2.02. The molecule has 1 saturated heterocycles. The molecule has 31 heavy (non-hydrogen) atoms. The number of pyridine rings is 1. The molecule has 0 radical (unpaired) electrons. The molecule has 2 aromatic rings. The molecule has 4 rings (SSSR count). The minimum Gasteiger partial charge on any atom is -0.481 e. The smallest absolute Gasteiger partial charge is 0.289 e. The lowest BCUT2D eigenvalue weighted by molar-refractivity contribution is -0.00583. The van der Waals surface area contributed by atoms with E-state index in [2.05, 4.69) is 31.5 Å². The zero-order valence-corrected chi connectivity index (χ0v) is 18.6. The van der Waals surface area contributed by atoms with Gasteiger partial charge in [-0.3, -0.25) is 9.69 Å². The summed E-state index contributed by atoms with van der Waals surface area (Å²) in [5, 5.41) is 11.4. The standard InChI is InChI=1S/C22H32N6O3/c1-4-16(2)24-20(29)19-26-25-18-13-31-15-22(14-28(18)19)7-10-27(11-8-22)12-17-6-5-9-23-21(17)30-3/h5-6,9,16H,4,7-8,10-15H2,1-3H3,(H,24,29). The number of likely N-dealkylation sites (tertiary alicyclic amines) is 1. The van der Waals surface area contributed by atoms with Gasteiger partial charge in [-0.1, -0.05) is 13.0 Å². The third-order valence-electron chi connectivity index (χ3n) is 6.51. The normalized spacial score (nSPS) is 19.5. The number of nitrogens with one attached hydrogen (secondary N) is 1. The molecule has 1 spiro atoms. The topological polar surface area (TPSA) is 94.4 Å². The lowest BCUT2D eigenvalue weighted by atomic mass is 9.78. The van der Waals surface area contributed by atoms with E-state index in [1.54, 1.807) is 13.3 Å². The zero-order chi connectivity index (χ0) is 21.8. The van der Waals surface area contributed by atoms with Gasteiger partial charge in [0.25, 0.3) is 5.91 Å². The summed E-state index contributed by atoms with van der Waals surface area (Å²) in [7, 11) is 1.66. The molecule has 168 valence electrons. The van der Waals surface area contributed by atoms with Crippen LogP contribution in [0.1, 0.15) is 55.1 Å². The number of hydrogen-bond acceptors (Lipinski definition) is 7. The maximum absolute atomic E-state index is 12.7. The highest BCUT2D eigenvalue weighted by atomic mass is 16.5. The van der Waals surface area contributed by atoms with Crippen LogP contribution in [0.2, 0.25) is 0 Å². The third kappa shape index (κ3) is 4.72. The molecular weight excluding hydrogens is 396 g/mol. The number of nitrogens with zero attached hydrogens (tertiary/aromatic N) is 5. The third-order valence-corrected chi connectivity index (χ3v) is 6.51. The number of rotatable bonds is 6. The molecule has 0 aliphatic carbocycles. The van der Waals surface area contributed by atoms with Gasteiger partial charge in [0.05, 0.1) is 13.7 Å². The summed E-state index contributed by atoms with van der Waals surface area (Å²) < 4.78 is 13.4. The number of ether oxygens (including phenoxy) is 2. The van der Waals surface area contributed by atoms with E-state index in [1.807, 2.05) is 24.5 Å². The van der Waals surface area contributed by atoms with Gasteiger partial charge in [0.1, 0.15) is 6.61 Å². The van der Waals surface area contributed by atoms with Crippen LogP contribution < -0.4 is 10.1 Å². The van der Waals surface area contributed by atoms with Crippen LogP contribution in [0, 0.1) is 5.41 Å². The Labute approximate surface area is 183 Å². The molecular formula is C22H32N6O3. The Morgan fingerprint density at radius 2 is 2.16 bits per heavy atom. The minimum atomic E-state index is -0.161. The maximum atomic E-state index is 12.7. The Balaban J connectivity index is 1.45. The molecule has 0 saturated carbocycles. The highest BCUT2D eigenvalue weighted by Gasteiger charge is 2.39. The van der Waals surface area contributed by atoms with Gasteiger partial charge in [0.15, 0.2) is 5.82 Å². The van der Waals surface area contributed by atoms with Crippen molar-refractivity contribution in [2.24, 2.45) is 5.41 Å². The fourth-order valence-electron chi connectivity index (χ4n) is 4.36. The lowest BCUT2D eigenvalue weighted by Crippen LogP contribution is -2.44. The van der Waals surface area contributed by atoms with Crippen molar-refractivity contribution in [1.82, 2.24) is 30.0 Å². The number of aromatic nitrogens is 4. The second kappa shape index (κ2) is 9.32. The number of piperidine rings is 1. The molecule has 0 bridgehead atoms. The molecule has 9 nitrogen and oxygen atoms in total. The van der Waals surface area contributed by atoms with E-state index in [9.17, 15) is 4.79 Å². The number of amides is 1. The fourth-order valence-corrected chi connectivity index (χ4v) is 4.36. The van der Waals surface area contributed by atoms with E-state index < -0.39 is 0 Å². The van der Waals surface area contributed by atoms with E-state index in [4.69, 9.17) is 9.47 Å². The Morgan fingerprint density at radius 3 is 2.90 bits per heavy atom. The van der Waals surface area contributed by atoms with Crippen molar-refractivity contribution >= 4 is 5.91 Å². The molecule has 1 amide bonds.